The molecular formula is C10H12N2OS. The molecule has 0 amide bonds. The van der Waals surface area contributed by atoms with E-state index in [9.17, 15) is 5.11 Å². The lowest BCUT2D eigenvalue weighted by atomic mass is 10.1. The fourth-order valence-electron chi connectivity index (χ4n) is 1.19. The highest BCUT2D eigenvalue weighted by atomic mass is 32.1. The molecule has 1 heterocycles. The predicted octanol–water partition coefficient (Wildman–Crippen LogP) is 2.20. The first kappa shape index (κ1) is 9.43. The third kappa shape index (κ3) is 1.58. The van der Waals surface area contributed by atoms with Crippen molar-refractivity contribution in [2.24, 2.45) is 5.73 Å². The Morgan fingerprint density at radius 3 is 2.79 bits per heavy atom. The summed E-state index contributed by atoms with van der Waals surface area (Å²) in [5.74, 6) is 0.240. The van der Waals surface area contributed by atoms with Crippen LogP contribution >= 0.6 is 11.3 Å². The maximum atomic E-state index is 9.28. The molecule has 0 saturated carbocycles. The summed E-state index contributed by atoms with van der Waals surface area (Å²) in [6, 6.07) is 5.17. The van der Waals surface area contributed by atoms with Crippen molar-refractivity contribution in [1.29, 1.82) is 0 Å². The first-order valence-electron chi connectivity index (χ1n) is 4.36. The minimum Gasteiger partial charge on any atom is -0.508 e. The van der Waals surface area contributed by atoms with Crippen molar-refractivity contribution in [2.75, 3.05) is 0 Å². The SMILES string of the molecule is CC(C)(N)c1nc2cc(O)ccc2s1. The second-order valence-electron chi connectivity index (χ2n) is 3.89. The van der Waals surface area contributed by atoms with Crippen LogP contribution < -0.4 is 5.73 Å². The van der Waals surface area contributed by atoms with Gasteiger partial charge in [0.2, 0.25) is 0 Å². The second kappa shape index (κ2) is 2.93. The zero-order chi connectivity index (χ0) is 10.3. The Kier molecular flexibility index (Phi) is 1.97. The summed E-state index contributed by atoms with van der Waals surface area (Å²) in [5.41, 5.74) is 6.34. The van der Waals surface area contributed by atoms with E-state index in [1.165, 1.54) is 0 Å². The van der Waals surface area contributed by atoms with Crippen LogP contribution in [0.5, 0.6) is 5.75 Å². The number of phenols is 1. The Balaban J connectivity index is 2.63. The average molecular weight is 208 g/mol. The van der Waals surface area contributed by atoms with Crippen LogP contribution in [0.25, 0.3) is 10.2 Å². The van der Waals surface area contributed by atoms with Gasteiger partial charge in [-0.25, -0.2) is 4.98 Å². The number of hydrogen-bond acceptors (Lipinski definition) is 4. The van der Waals surface area contributed by atoms with Crippen LogP contribution in [-0.2, 0) is 5.54 Å². The van der Waals surface area contributed by atoms with Gasteiger partial charge in [-0.3, -0.25) is 0 Å². The molecule has 0 spiro atoms. The van der Waals surface area contributed by atoms with E-state index in [0.29, 0.717) is 0 Å². The van der Waals surface area contributed by atoms with Gasteiger partial charge in [0.05, 0.1) is 15.8 Å². The quantitative estimate of drug-likeness (QED) is 0.755. The average Bonchev–Trinajstić information content (AvgIpc) is 2.45. The standard InChI is InChI=1S/C10H12N2OS/c1-10(2,11)9-12-7-5-6(13)3-4-8(7)14-9/h3-5,13H,11H2,1-2H3. The zero-order valence-electron chi connectivity index (χ0n) is 8.11. The summed E-state index contributed by atoms with van der Waals surface area (Å²) in [5, 5.41) is 10.2. The van der Waals surface area contributed by atoms with E-state index in [2.05, 4.69) is 4.98 Å². The molecule has 0 aliphatic rings. The number of phenolic OH excluding ortho intramolecular Hbond substituents is 1. The molecule has 4 heteroatoms. The van der Waals surface area contributed by atoms with Gasteiger partial charge in [0.25, 0.3) is 0 Å². The second-order valence-corrected chi connectivity index (χ2v) is 4.92. The molecule has 2 aromatic rings. The number of benzene rings is 1. The number of fused-ring (bicyclic) bond motifs is 1. The van der Waals surface area contributed by atoms with Gasteiger partial charge in [-0.1, -0.05) is 0 Å². The number of rotatable bonds is 1. The largest absolute Gasteiger partial charge is 0.508 e. The summed E-state index contributed by atoms with van der Waals surface area (Å²) < 4.78 is 1.05. The lowest BCUT2D eigenvalue weighted by molar-refractivity contribution is 0.476. The highest BCUT2D eigenvalue weighted by molar-refractivity contribution is 7.18. The molecular weight excluding hydrogens is 196 g/mol. The Morgan fingerprint density at radius 1 is 1.43 bits per heavy atom. The third-order valence-electron chi connectivity index (χ3n) is 1.92. The molecule has 3 nitrogen and oxygen atoms in total. The van der Waals surface area contributed by atoms with Crippen molar-refractivity contribution in [3.05, 3.63) is 23.2 Å². The maximum absolute atomic E-state index is 9.28. The van der Waals surface area contributed by atoms with E-state index in [1.54, 1.807) is 23.5 Å². The van der Waals surface area contributed by atoms with Crippen molar-refractivity contribution in [1.82, 2.24) is 4.98 Å². The van der Waals surface area contributed by atoms with E-state index in [4.69, 9.17) is 5.73 Å². The topological polar surface area (TPSA) is 59.1 Å². The lowest BCUT2D eigenvalue weighted by Crippen LogP contribution is -2.28. The molecule has 0 aliphatic heterocycles. The number of aromatic nitrogens is 1. The predicted molar refractivity (Wildman–Crippen MR) is 58.5 cm³/mol. The highest BCUT2D eigenvalue weighted by Gasteiger charge is 2.19. The maximum Gasteiger partial charge on any atom is 0.117 e. The van der Waals surface area contributed by atoms with Gasteiger partial charge >= 0.3 is 0 Å². The van der Waals surface area contributed by atoms with Crippen LogP contribution in [0.4, 0.5) is 0 Å². The molecule has 2 rings (SSSR count). The van der Waals surface area contributed by atoms with Crippen LogP contribution in [0.15, 0.2) is 18.2 Å². The van der Waals surface area contributed by atoms with Crippen LogP contribution in [-0.4, -0.2) is 10.1 Å². The first-order valence-corrected chi connectivity index (χ1v) is 5.17. The van der Waals surface area contributed by atoms with E-state index < -0.39 is 5.54 Å². The van der Waals surface area contributed by atoms with Crippen LogP contribution in [0.3, 0.4) is 0 Å². The van der Waals surface area contributed by atoms with Gasteiger partial charge in [-0.05, 0) is 26.0 Å². The summed E-state index contributed by atoms with van der Waals surface area (Å²) in [4.78, 5) is 4.38. The summed E-state index contributed by atoms with van der Waals surface area (Å²) in [7, 11) is 0. The normalized spacial score (nSPS) is 12.2. The molecule has 0 radical (unpaired) electrons. The van der Waals surface area contributed by atoms with Gasteiger partial charge < -0.3 is 10.8 Å². The molecule has 0 fully saturated rings. The van der Waals surface area contributed by atoms with Crippen molar-refractivity contribution in [2.45, 2.75) is 19.4 Å². The molecule has 0 bridgehead atoms. The summed E-state index contributed by atoms with van der Waals surface area (Å²) in [6.07, 6.45) is 0. The summed E-state index contributed by atoms with van der Waals surface area (Å²) >= 11 is 1.57. The minimum atomic E-state index is -0.417. The van der Waals surface area contributed by atoms with E-state index in [1.807, 2.05) is 19.9 Å². The monoisotopic (exact) mass is 208 g/mol. The number of aromatic hydroxyl groups is 1. The van der Waals surface area contributed by atoms with Gasteiger partial charge in [0.15, 0.2) is 0 Å². The fourth-order valence-corrected chi connectivity index (χ4v) is 2.15. The van der Waals surface area contributed by atoms with Crippen LogP contribution in [0.2, 0.25) is 0 Å². The number of thiazole rings is 1. The van der Waals surface area contributed by atoms with Gasteiger partial charge in [0.1, 0.15) is 10.8 Å². The van der Waals surface area contributed by atoms with E-state index in [-0.39, 0.29) is 5.75 Å². The molecule has 1 aromatic carbocycles. The third-order valence-corrected chi connectivity index (χ3v) is 3.30. The van der Waals surface area contributed by atoms with Crippen LogP contribution in [0, 0.1) is 0 Å². The molecule has 14 heavy (non-hydrogen) atoms. The molecule has 0 atom stereocenters. The lowest BCUT2D eigenvalue weighted by Gasteiger charge is -2.13. The Bertz CT molecular complexity index is 470. The van der Waals surface area contributed by atoms with E-state index in [0.717, 1.165) is 15.2 Å². The van der Waals surface area contributed by atoms with Gasteiger partial charge in [0, 0.05) is 6.07 Å². The molecule has 74 valence electrons. The van der Waals surface area contributed by atoms with E-state index >= 15 is 0 Å². The number of hydrogen-bond donors (Lipinski definition) is 2. The Morgan fingerprint density at radius 2 is 2.14 bits per heavy atom. The van der Waals surface area contributed by atoms with Crippen molar-refractivity contribution < 1.29 is 5.11 Å². The van der Waals surface area contributed by atoms with Gasteiger partial charge in [-0.15, -0.1) is 11.3 Å². The van der Waals surface area contributed by atoms with Crippen LogP contribution in [0.1, 0.15) is 18.9 Å². The molecule has 0 unspecified atom stereocenters. The minimum absolute atomic E-state index is 0.240. The molecule has 3 N–H and O–H groups in total. The summed E-state index contributed by atoms with van der Waals surface area (Å²) in [6.45, 7) is 3.84. The fraction of sp³-hybridized carbons (Fsp3) is 0.300. The zero-order valence-corrected chi connectivity index (χ0v) is 8.93. The first-order chi connectivity index (χ1) is 6.47. The number of nitrogens with zero attached hydrogens (tertiary/aromatic N) is 1. The smallest absolute Gasteiger partial charge is 0.117 e. The van der Waals surface area contributed by atoms with Crippen molar-refractivity contribution in [3.63, 3.8) is 0 Å². The highest BCUT2D eigenvalue weighted by Crippen LogP contribution is 2.29. The van der Waals surface area contributed by atoms with Crippen molar-refractivity contribution in [3.8, 4) is 5.75 Å². The molecule has 0 aliphatic carbocycles. The molecule has 0 saturated heterocycles. The van der Waals surface area contributed by atoms with Gasteiger partial charge in [-0.2, -0.15) is 0 Å². The number of nitrogens with two attached hydrogens (primary N) is 1. The van der Waals surface area contributed by atoms with Crippen molar-refractivity contribution >= 4 is 21.6 Å². The Hall–Kier alpha value is -1.13. The molecule has 1 aromatic heterocycles. The Labute approximate surface area is 86.2 Å².